The van der Waals surface area contributed by atoms with Crippen LogP contribution >= 0.6 is 0 Å². The quantitative estimate of drug-likeness (QED) is 0.824. The molecular weight excluding hydrogens is 242 g/mol. The smallest absolute Gasteiger partial charge is 0.231 e. The minimum Gasteiger partial charge on any atom is -0.454 e. The number of aliphatic hydroxyl groups excluding tert-OH is 1. The Kier molecular flexibility index (Phi) is 4.66. The fourth-order valence-corrected chi connectivity index (χ4v) is 2.26. The van der Waals surface area contributed by atoms with E-state index in [0.29, 0.717) is 12.7 Å². The fraction of sp³-hybridized carbons (Fsp3) is 0.600. The lowest BCUT2D eigenvalue weighted by Gasteiger charge is -2.20. The molecule has 0 aliphatic carbocycles. The maximum atomic E-state index is 9.28. The summed E-state index contributed by atoms with van der Waals surface area (Å²) in [7, 11) is 0. The van der Waals surface area contributed by atoms with Crippen LogP contribution in [0.25, 0.3) is 0 Å². The van der Waals surface area contributed by atoms with E-state index >= 15 is 0 Å². The molecule has 1 aliphatic rings. The highest BCUT2D eigenvalue weighted by Crippen LogP contribution is 2.34. The van der Waals surface area contributed by atoms with Crippen LogP contribution in [-0.4, -0.2) is 31.1 Å². The van der Waals surface area contributed by atoms with E-state index in [2.05, 4.69) is 32.2 Å². The Morgan fingerprint density at radius 3 is 2.58 bits per heavy atom. The van der Waals surface area contributed by atoms with Crippen molar-refractivity contribution in [2.75, 3.05) is 19.9 Å². The third-order valence-corrected chi connectivity index (χ3v) is 3.63. The maximum Gasteiger partial charge on any atom is 0.231 e. The molecule has 0 radical (unpaired) electrons. The average Bonchev–Trinajstić information content (AvgIpc) is 2.81. The Hall–Kier alpha value is -1.26. The molecule has 0 aromatic heterocycles. The van der Waals surface area contributed by atoms with Crippen molar-refractivity contribution in [3.8, 4) is 11.5 Å². The SMILES string of the molecule is Cc1cc2c(cc1CCNC(CO)C(C)C)OCO2. The second-order valence-corrected chi connectivity index (χ2v) is 5.37. The monoisotopic (exact) mass is 265 g/mol. The van der Waals surface area contributed by atoms with E-state index < -0.39 is 0 Å². The predicted molar refractivity (Wildman–Crippen MR) is 74.7 cm³/mol. The highest BCUT2D eigenvalue weighted by atomic mass is 16.7. The van der Waals surface area contributed by atoms with Crippen LogP contribution in [0.15, 0.2) is 12.1 Å². The third-order valence-electron chi connectivity index (χ3n) is 3.63. The lowest BCUT2D eigenvalue weighted by molar-refractivity contribution is 0.174. The molecule has 1 unspecified atom stereocenters. The number of aliphatic hydroxyl groups is 1. The molecule has 0 bridgehead atoms. The Balaban J connectivity index is 1.93. The van der Waals surface area contributed by atoms with Gasteiger partial charge in [0.25, 0.3) is 0 Å². The second-order valence-electron chi connectivity index (χ2n) is 5.37. The van der Waals surface area contributed by atoms with Crippen molar-refractivity contribution in [1.29, 1.82) is 0 Å². The van der Waals surface area contributed by atoms with E-state index in [4.69, 9.17) is 9.47 Å². The van der Waals surface area contributed by atoms with E-state index in [1.54, 1.807) is 0 Å². The third kappa shape index (κ3) is 3.39. The molecule has 0 fully saturated rings. The number of hydrogen-bond acceptors (Lipinski definition) is 4. The molecule has 0 spiro atoms. The molecule has 2 N–H and O–H groups in total. The van der Waals surface area contributed by atoms with E-state index in [1.807, 2.05) is 6.07 Å². The van der Waals surface area contributed by atoms with Crippen LogP contribution in [0, 0.1) is 12.8 Å². The van der Waals surface area contributed by atoms with Gasteiger partial charge in [0.15, 0.2) is 11.5 Å². The molecule has 1 heterocycles. The zero-order valence-electron chi connectivity index (χ0n) is 11.9. The lowest BCUT2D eigenvalue weighted by Crippen LogP contribution is -2.38. The number of ether oxygens (including phenoxy) is 2. The van der Waals surface area contributed by atoms with Crippen molar-refractivity contribution >= 4 is 0 Å². The summed E-state index contributed by atoms with van der Waals surface area (Å²) in [5.41, 5.74) is 2.48. The molecule has 4 nitrogen and oxygen atoms in total. The maximum absolute atomic E-state index is 9.28. The Labute approximate surface area is 114 Å². The number of rotatable bonds is 6. The van der Waals surface area contributed by atoms with Gasteiger partial charge < -0.3 is 19.9 Å². The van der Waals surface area contributed by atoms with Gasteiger partial charge in [-0.3, -0.25) is 0 Å². The first-order chi connectivity index (χ1) is 9.11. The summed E-state index contributed by atoms with van der Waals surface area (Å²) in [6.07, 6.45) is 0.922. The van der Waals surface area contributed by atoms with Gasteiger partial charge in [0.2, 0.25) is 6.79 Å². The van der Waals surface area contributed by atoms with Gasteiger partial charge in [-0.2, -0.15) is 0 Å². The average molecular weight is 265 g/mol. The highest BCUT2D eigenvalue weighted by molar-refractivity contribution is 5.48. The van der Waals surface area contributed by atoms with Crippen LogP contribution in [0.5, 0.6) is 11.5 Å². The van der Waals surface area contributed by atoms with Gasteiger partial charge in [-0.1, -0.05) is 13.8 Å². The van der Waals surface area contributed by atoms with E-state index in [9.17, 15) is 5.11 Å². The van der Waals surface area contributed by atoms with Gasteiger partial charge in [-0.15, -0.1) is 0 Å². The molecular formula is C15H23NO3. The first-order valence-electron chi connectivity index (χ1n) is 6.85. The van der Waals surface area contributed by atoms with Gasteiger partial charge in [-0.05, 0) is 49.1 Å². The van der Waals surface area contributed by atoms with Crippen molar-refractivity contribution in [2.45, 2.75) is 33.2 Å². The van der Waals surface area contributed by atoms with Crippen LogP contribution in [0.4, 0.5) is 0 Å². The van der Waals surface area contributed by atoms with Crippen LogP contribution in [-0.2, 0) is 6.42 Å². The van der Waals surface area contributed by atoms with Crippen molar-refractivity contribution in [3.05, 3.63) is 23.3 Å². The van der Waals surface area contributed by atoms with Gasteiger partial charge in [0, 0.05) is 6.04 Å². The number of aryl methyl sites for hydroxylation is 1. The second kappa shape index (κ2) is 6.26. The van der Waals surface area contributed by atoms with E-state index in [-0.39, 0.29) is 12.6 Å². The first-order valence-corrected chi connectivity index (χ1v) is 6.85. The minimum absolute atomic E-state index is 0.161. The largest absolute Gasteiger partial charge is 0.454 e. The summed E-state index contributed by atoms with van der Waals surface area (Å²) < 4.78 is 10.8. The number of hydrogen-bond donors (Lipinski definition) is 2. The number of benzene rings is 1. The summed E-state index contributed by atoms with van der Waals surface area (Å²) in [5, 5.41) is 12.7. The molecule has 1 aromatic rings. The van der Waals surface area contributed by atoms with Crippen LogP contribution in [0.2, 0.25) is 0 Å². The molecule has 0 amide bonds. The summed E-state index contributed by atoms with van der Waals surface area (Å²) in [5.74, 6) is 2.11. The minimum atomic E-state index is 0.161. The number of fused-ring (bicyclic) bond motifs is 1. The normalized spacial score (nSPS) is 15.0. The van der Waals surface area contributed by atoms with E-state index in [0.717, 1.165) is 24.5 Å². The summed E-state index contributed by atoms with van der Waals surface area (Å²) in [6.45, 7) is 7.65. The lowest BCUT2D eigenvalue weighted by atomic mass is 10.0. The zero-order chi connectivity index (χ0) is 13.8. The molecule has 1 atom stereocenters. The fourth-order valence-electron chi connectivity index (χ4n) is 2.26. The van der Waals surface area contributed by atoms with E-state index in [1.165, 1.54) is 11.1 Å². The van der Waals surface area contributed by atoms with Crippen molar-refractivity contribution in [3.63, 3.8) is 0 Å². The van der Waals surface area contributed by atoms with Crippen LogP contribution < -0.4 is 14.8 Å². The molecule has 4 heteroatoms. The molecule has 0 saturated heterocycles. The Morgan fingerprint density at radius 1 is 1.26 bits per heavy atom. The summed E-state index contributed by atoms with van der Waals surface area (Å²) in [6, 6.07) is 4.25. The molecule has 1 aromatic carbocycles. The zero-order valence-corrected chi connectivity index (χ0v) is 11.9. The molecule has 2 rings (SSSR count). The van der Waals surface area contributed by atoms with Gasteiger partial charge in [0.05, 0.1) is 6.61 Å². The molecule has 106 valence electrons. The number of nitrogens with one attached hydrogen (secondary N) is 1. The molecule has 0 saturated carbocycles. The van der Waals surface area contributed by atoms with Crippen LogP contribution in [0.3, 0.4) is 0 Å². The Morgan fingerprint density at radius 2 is 1.95 bits per heavy atom. The van der Waals surface area contributed by atoms with Crippen molar-refractivity contribution in [2.24, 2.45) is 5.92 Å². The van der Waals surface area contributed by atoms with Gasteiger partial charge in [0.1, 0.15) is 0 Å². The van der Waals surface area contributed by atoms with Crippen molar-refractivity contribution in [1.82, 2.24) is 5.32 Å². The van der Waals surface area contributed by atoms with Gasteiger partial charge >= 0.3 is 0 Å². The molecule has 19 heavy (non-hydrogen) atoms. The van der Waals surface area contributed by atoms with Crippen molar-refractivity contribution < 1.29 is 14.6 Å². The first kappa shape index (κ1) is 14.2. The highest BCUT2D eigenvalue weighted by Gasteiger charge is 2.16. The van der Waals surface area contributed by atoms with Crippen LogP contribution in [0.1, 0.15) is 25.0 Å². The topological polar surface area (TPSA) is 50.7 Å². The predicted octanol–water partition coefficient (Wildman–Crippen LogP) is 1.87. The molecule has 1 aliphatic heterocycles. The Bertz CT molecular complexity index is 432. The standard InChI is InChI=1S/C15H23NO3/c1-10(2)13(8-17)16-5-4-12-7-15-14(6-11(12)3)18-9-19-15/h6-7,10,13,16-17H,4-5,8-9H2,1-3H3. The summed E-state index contributed by atoms with van der Waals surface area (Å²) >= 11 is 0. The van der Waals surface area contributed by atoms with Gasteiger partial charge in [-0.25, -0.2) is 0 Å². The summed E-state index contributed by atoms with van der Waals surface area (Å²) in [4.78, 5) is 0.